The van der Waals surface area contributed by atoms with Crippen LogP contribution in [-0.2, 0) is 0 Å². The van der Waals surface area contributed by atoms with Crippen molar-refractivity contribution in [2.75, 3.05) is 6.16 Å². The van der Waals surface area contributed by atoms with E-state index >= 15 is 0 Å². The van der Waals surface area contributed by atoms with Crippen molar-refractivity contribution in [2.24, 2.45) is 0 Å². The zero-order valence-corrected chi connectivity index (χ0v) is 14.2. The number of hydrogen-bond donors (Lipinski definition) is 0. The van der Waals surface area contributed by atoms with E-state index in [2.05, 4.69) is 73.3 Å². The van der Waals surface area contributed by atoms with Crippen molar-refractivity contribution in [3.05, 3.63) is 69.8 Å². The molecule has 0 aromatic heterocycles. The van der Waals surface area contributed by atoms with E-state index in [1.165, 1.54) is 39.8 Å². The lowest BCUT2D eigenvalue weighted by molar-refractivity contribution is 0.781. The molecule has 2 rings (SSSR count). The Hall–Kier alpha value is -1.13. The highest BCUT2D eigenvalue weighted by Crippen LogP contribution is 2.31. The second-order valence-electron chi connectivity index (χ2n) is 5.97. The highest BCUT2D eigenvalue weighted by molar-refractivity contribution is 7.16. The zero-order valence-electron chi connectivity index (χ0n) is 13.0. The summed E-state index contributed by atoms with van der Waals surface area (Å²) in [4.78, 5) is 0. The van der Waals surface area contributed by atoms with E-state index in [1.54, 1.807) is 0 Å². The fourth-order valence-corrected chi connectivity index (χ4v) is 3.45. The first-order chi connectivity index (χ1) is 9.49. The Balaban J connectivity index is 2.49. The molecule has 0 spiro atoms. The molecule has 0 aliphatic heterocycles. The quantitative estimate of drug-likeness (QED) is 0.667. The van der Waals surface area contributed by atoms with Crippen LogP contribution in [-0.4, -0.2) is 6.16 Å². The molecule has 0 fully saturated rings. The highest BCUT2D eigenvalue weighted by Gasteiger charge is 2.14. The number of hydrogen-bond acceptors (Lipinski definition) is 0. The molecule has 0 N–H and O–H groups in total. The van der Waals surface area contributed by atoms with Crippen LogP contribution >= 0.6 is 9.24 Å². The van der Waals surface area contributed by atoms with E-state index in [4.69, 9.17) is 0 Å². The van der Waals surface area contributed by atoms with Crippen LogP contribution in [0.15, 0.2) is 36.4 Å². The van der Waals surface area contributed by atoms with Gasteiger partial charge in [0.25, 0.3) is 0 Å². The monoisotopic (exact) mass is 284 g/mol. The lowest BCUT2D eigenvalue weighted by atomic mass is 9.86. The van der Waals surface area contributed by atoms with E-state index in [0.29, 0.717) is 5.92 Å². The fraction of sp³-hybridized carbons (Fsp3) is 0.368. The summed E-state index contributed by atoms with van der Waals surface area (Å²) >= 11 is 0. The molecule has 1 unspecified atom stereocenters. The second-order valence-corrected chi connectivity index (χ2v) is 6.55. The number of aryl methyl sites for hydroxylation is 4. The van der Waals surface area contributed by atoms with Crippen molar-refractivity contribution < 1.29 is 0 Å². The summed E-state index contributed by atoms with van der Waals surface area (Å²) in [5, 5.41) is 0. The SMILES string of the molecule is Cc1cc(C)cc(C(CCP)c2cc(C)cc(C)c2)c1. The Kier molecular flexibility index (Phi) is 5.00. The molecule has 2 aromatic rings. The van der Waals surface area contributed by atoms with E-state index in [1.807, 2.05) is 0 Å². The molecule has 20 heavy (non-hydrogen) atoms. The van der Waals surface area contributed by atoms with Gasteiger partial charge in [-0.1, -0.05) is 58.7 Å². The number of benzene rings is 2. The Morgan fingerprint density at radius 2 is 1.05 bits per heavy atom. The van der Waals surface area contributed by atoms with Crippen molar-refractivity contribution in [1.29, 1.82) is 0 Å². The molecule has 0 aliphatic rings. The highest BCUT2D eigenvalue weighted by atomic mass is 31.0. The topological polar surface area (TPSA) is 0 Å². The van der Waals surface area contributed by atoms with Crippen LogP contribution in [0.4, 0.5) is 0 Å². The van der Waals surface area contributed by atoms with Gasteiger partial charge in [-0.05, 0) is 51.4 Å². The van der Waals surface area contributed by atoms with Crippen molar-refractivity contribution in [3.63, 3.8) is 0 Å². The normalized spacial score (nSPS) is 11.1. The van der Waals surface area contributed by atoms with Crippen LogP contribution in [0.5, 0.6) is 0 Å². The molecule has 106 valence electrons. The lowest BCUT2D eigenvalue weighted by Crippen LogP contribution is -2.04. The van der Waals surface area contributed by atoms with E-state index in [9.17, 15) is 0 Å². The Morgan fingerprint density at radius 1 is 0.700 bits per heavy atom. The minimum Gasteiger partial charge on any atom is -0.138 e. The molecule has 0 amide bonds. The molecule has 1 atom stereocenters. The minimum absolute atomic E-state index is 0.504. The summed E-state index contributed by atoms with van der Waals surface area (Å²) in [6, 6.07) is 13.9. The van der Waals surface area contributed by atoms with Gasteiger partial charge >= 0.3 is 0 Å². The van der Waals surface area contributed by atoms with Gasteiger partial charge in [-0.25, -0.2) is 0 Å². The van der Waals surface area contributed by atoms with Crippen LogP contribution in [0.1, 0.15) is 45.7 Å². The third-order valence-electron chi connectivity index (χ3n) is 3.75. The lowest BCUT2D eigenvalue weighted by Gasteiger charge is -2.20. The molecule has 0 saturated carbocycles. The van der Waals surface area contributed by atoms with Crippen LogP contribution < -0.4 is 0 Å². The molecule has 1 heteroatoms. The van der Waals surface area contributed by atoms with Gasteiger partial charge in [0.05, 0.1) is 0 Å². The largest absolute Gasteiger partial charge is 0.138 e. The van der Waals surface area contributed by atoms with Gasteiger partial charge in [-0.3, -0.25) is 0 Å². The standard InChI is InChI=1S/C19H25P/c1-13-7-14(2)10-17(9-13)19(5-6-20)18-11-15(3)8-16(4)12-18/h7-12,19H,5-6,20H2,1-4H3. The summed E-state index contributed by atoms with van der Waals surface area (Å²) in [6.45, 7) is 8.76. The summed E-state index contributed by atoms with van der Waals surface area (Å²) in [6.07, 6.45) is 2.31. The Labute approximate surface area is 125 Å². The zero-order chi connectivity index (χ0) is 14.7. The van der Waals surface area contributed by atoms with Crippen molar-refractivity contribution in [3.8, 4) is 0 Å². The molecular formula is C19H25P. The van der Waals surface area contributed by atoms with Gasteiger partial charge in [0.15, 0.2) is 0 Å². The number of rotatable bonds is 4. The van der Waals surface area contributed by atoms with Crippen molar-refractivity contribution >= 4 is 9.24 Å². The van der Waals surface area contributed by atoms with Gasteiger partial charge in [0, 0.05) is 5.92 Å². The molecule has 0 heterocycles. The molecule has 2 aromatic carbocycles. The van der Waals surface area contributed by atoms with Gasteiger partial charge in [-0.2, -0.15) is 0 Å². The first-order valence-electron chi connectivity index (χ1n) is 7.36. The third-order valence-corrected chi connectivity index (χ3v) is 4.08. The van der Waals surface area contributed by atoms with Gasteiger partial charge in [0.2, 0.25) is 0 Å². The predicted molar refractivity (Wildman–Crippen MR) is 92.9 cm³/mol. The molecular weight excluding hydrogens is 259 g/mol. The molecule has 0 saturated heterocycles. The molecule has 0 aliphatic carbocycles. The van der Waals surface area contributed by atoms with Crippen LogP contribution in [0.2, 0.25) is 0 Å². The van der Waals surface area contributed by atoms with Gasteiger partial charge in [0.1, 0.15) is 0 Å². The first kappa shape index (κ1) is 15.3. The van der Waals surface area contributed by atoms with Crippen LogP contribution in [0.3, 0.4) is 0 Å². The fourth-order valence-electron chi connectivity index (χ4n) is 3.11. The summed E-state index contributed by atoms with van der Waals surface area (Å²) in [5.74, 6) is 0.504. The smallest absolute Gasteiger partial charge is 0.00929 e. The van der Waals surface area contributed by atoms with E-state index < -0.39 is 0 Å². The maximum absolute atomic E-state index is 2.87. The van der Waals surface area contributed by atoms with E-state index in [-0.39, 0.29) is 0 Å². The Bertz CT molecular complexity index is 507. The van der Waals surface area contributed by atoms with Crippen LogP contribution in [0.25, 0.3) is 0 Å². The summed E-state index contributed by atoms with van der Waals surface area (Å²) in [7, 11) is 2.87. The van der Waals surface area contributed by atoms with Gasteiger partial charge in [-0.15, -0.1) is 9.24 Å². The average molecular weight is 284 g/mol. The van der Waals surface area contributed by atoms with E-state index in [0.717, 1.165) is 6.16 Å². The van der Waals surface area contributed by atoms with Crippen molar-refractivity contribution in [2.45, 2.75) is 40.0 Å². The molecule has 0 nitrogen and oxygen atoms in total. The van der Waals surface area contributed by atoms with Crippen molar-refractivity contribution in [1.82, 2.24) is 0 Å². The third kappa shape index (κ3) is 3.70. The average Bonchev–Trinajstić information content (AvgIpc) is 2.33. The molecule has 0 bridgehead atoms. The first-order valence-corrected chi connectivity index (χ1v) is 8.17. The second kappa shape index (κ2) is 6.55. The summed E-state index contributed by atoms with van der Waals surface area (Å²) in [5.41, 5.74) is 8.34. The van der Waals surface area contributed by atoms with Crippen LogP contribution in [0, 0.1) is 27.7 Å². The molecule has 0 radical (unpaired) electrons. The maximum Gasteiger partial charge on any atom is 0.00929 e. The predicted octanol–water partition coefficient (Wildman–Crippen LogP) is 5.32. The minimum atomic E-state index is 0.504. The Morgan fingerprint density at radius 3 is 1.35 bits per heavy atom. The summed E-state index contributed by atoms with van der Waals surface area (Å²) < 4.78 is 0. The maximum atomic E-state index is 2.87. The van der Waals surface area contributed by atoms with Gasteiger partial charge < -0.3 is 0 Å².